The zero-order chi connectivity index (χ0) is 29.4. The Kier molecular flexibility index (Phi) is 7.81. The number of pyridine rings is 1. The van der Waals surface area contributed by atoms with Crippen LogP contribution in [0, 0.1) is 0 Å². The standard InChI is InChI=1S/C26H25ClF3N7O4/c1-25(9-3-11-41-25)20(38)12-18-19(4-2-10-31-18)37-15-32-22(33-37)14-36-24(40)35(13-21(39)26(28,29)30)23(34-36)16-5-7-17(27)8-6-16/h2,4-8,10,15,21,39H,3,9,11-14H2,1H3/t21-,25?/m0/s1. The van der Waals surface area contributed by atoms with Crippen LogP contribution < -0.4 is 5.69 Å². The quantitative estimate of drug-likeness (QED) is 0.314. The second-order valence-corrected chi connectivity index (χ2v) is 10.2. The molecule has 0 radical (unpaired) electrons. The number of rotatable bonds is 9. The van der Waals surface area contributed by atoms with Crippen molar-refractivity contribution in [3.8, 4) is 17.1 Å². The maximum absolute atomic E-state index is 13.1. The predicted molar refractivity (Wildman–Crippen MR) is 140 cm³/mol. The lowest BCUT2D eigenvalue weighted by Gasteiger charge is -2.21. The second-order valence-electron chi connectivity index (χ2n) is 9.80. The van der Waals surface area contributed by atoms with Crippen molar-refractivity contribution in [2.45, 2.75) is 57.2 Å². The Hall–Kier alpha value is -3.88. The number of halogens is 4. The number of aliphatic hydroxyl groups excluding tert-OH is 1. The molecule has 4 aromatic rings. The van der Waals surface area contributed by atoms with Crippen molar-refractivity contribution in [1.82, 2.24) is 34.1 Å². The van der Waals surface area contributed by atoms with Crippen LogP contribution in [0.5, 0.6) is 0 Å². The van der Waals surface area contributed by atoms with Gasteiger partial charge in [-0.1, -0.05) is 11.6 Å². The molecule has 0 saturated carbocycles. The molecule has 1 aliphatic rings. The van der Waals surface area contributed by atoms with Gasteiger partial charge in [0.15, 0.2) is 23.5 Å². The molecule has 15 heteroatoms. The Morgan fingerprint density at radius 2 is 1.95 bits per heavy atom. The van der Waals surface area contributed by atoms with Crippen molar-refractivity contribution in [3.05, 3.63) is 75.9 Å². The van der Waals surface area contributed by atoms with Crippen molar-refractivity contribution in [2.75, 3.05) is 6.61 Å². The van der Waals surface area contributed by atoms with Gasteiger partial charge in [0, 0.05) is 23.4 Å². The number of aliphatic hydroxyl groups is 1. The molecule has 0 aliphatic carbocycles. The minimum atomic E-state index is -4.94. The van der Waals surface area contributed by atoms with E-state index in [1.807, 2.05) is 0 Å². The van der Waals surface area contributed by atoms with E-state index in [2.05, 4.69) is 20.2 Å². The molecule has 2 atom stereocenters. The molecule has 1 aromatic carbocycles. The van der Waals surface area contributed by atoms with E-state index in [1.54, 1.807) is 25.3 Å². The van der Waals surface area contributed by atoms with Crippen molar-refractivity contribution < 1.29 is 27.8 Å². The van der Waals surface area contributed by atoms with Gasteiger partial charge in [0.1, 0.15) is 18.5 Å². The molecule has 3 aromatic heterocycles. The lowest BCUT2D eigenvalue weighted by atomic mass is 9.93. The fraction of sp³-hybridized carbons (Fsp3) is 0.385. The van der Waals surface area contributed by atoms with Gasteiger partial charge in [-0.2, -0.15) is 13.2 Å². The molecule has 5 rings (SSSR count). The third-order valence-electron chi connectivity index (χ3n) is 6.84. The van der Waals surface area contributed by atoms with Gasteiger partial charge in [-0.3, -0.25) is 14.3 Å². The number of ketones is 1. The van der Waals surface area contributed by atoms with Crippen LogP contribution in [0.15, 0.2) is 53.7 Å². The number of benzene rings is 1. The first-order valence-corrected chi connectivity index (χ1v) is 13.0. The summed E-state index contributed by atoms with van der Waals surface area (Å²) in [7, 11) is 0. The van der Waals surface area contributed by atoms with Gasteiger partial charge in [-0.05, 0) is 56.2 Å². The molecule has 1 N–H and O–H groups in total. The zero-order valence-corrected chi connectivity index (χ0v) is 22.5. The van der Waals surface area contributed by atoms with E-state index in [1.165, 1.54) is 35.3 Å². The van der Waals surface area contributed by atoms with E-state index in [-0.39, 0.29) is 30.4 Å². The molecule has 1 fully saturated rings. The molecule has 4 heterocycles. The number of carbonyl (C=O) groups excluding carboxylic acids is 1. The molecule has 41 heavy (non-hydrogen) atoms. The van der Waals surface area contributed by atoms with Crippen molar-refractivity contribution in [2.24, 2.45) is 0 Å². The fourth-order valence-electron chi connectivity index (χ4n) is 4.53. The summed E-state index contributed by atoms with van der Waals surface area (Å²) >= 11 is 5.93. The van der Waals surface area contributed by atoms with Gasteiger partial charge in [0.2, 0.25) is 0 Å². The number of Topliss-reactive ketones (excluding diaryl/α,β-unsaturated/α-hetero) is 1. The summed E-state index contributed by atoms with van der Waals surface area (Å²) < 4.78 is 48.1. The Labute approximate surface area is 236 Å². The van der Waals surface area contributed by atoms with Gasteiger partial charge in [0.05, 0.1) is 24.3 Å². The highest BCUT2D eigenvalue weighted by Crippen LogP contribution is 2.28. The normalized spacial score (nSPS) is 18.1. The number of hydrogen-bond acceptors (Lipinski definition) is 8. The highest BCUT2D eigenvalue weighted by atomic mass is 35.5. The van der Waals surface area contributed by atoms with Crippen LogP contribution in [-0.4, -0.2) is 69.5 Å². The number of aromatic nitrogens is 7. The van der Waals surface area contributed by atoms with E-state index in [0.717, 1.165) is 15.7 Å². The van der Waals surface area contributed by atoms with Gasteiger partial charge in [-0.15, -0.1) is 10.2 Å². The Morgan fingerprint density at radius 1 is 1.20 bits per heavy atom. The third kappa shape index (κ3) is 6.09. The zero-order valence-electron chi connectivity index (χ0n) is 21.8. The number of alkyl halides is 3. The van der Waals surface area contributed by atoms with Crippen LogP contribution in [0.25, 0.3) is 17.1 Å². The van der Waals surface area contributed by atoms with Crippen molar-refractivity contribution in [3.63, 3.8) is 0 Å². The molecule has 1 unspecified atom stereocenters. The Balaban J connectivity index is 1.43. The van der Waals surface area contributed by atoms with E-state index >= 15 is 0 Å². The maximum Gasteiger partial charge on any atom is 0.416 e. The molecular weight excluding hydrogens is 567 g/mol. The lowest BCUT2D eigenvalue weighted by molar-refractivity contribution is -0.207. The first-order chi connectivity index (χ1) is 19.4. The monoisotopic (exact) mass is 591 g/mol. The molecule has 0 amide bonds. The van der Waals surface area contributed by atoms with E-state index in [9.17, 15) is 27.9 Å². The summed E-state index contributed by atoms with van der Waals surface area (Å²) in [5, 5.41) is 18.7. The highest BCUT2D eigenvalue weighted by molar-refractivity contribution is 6.30. The molecule has 1 aliphatic heterocycles. The number of carbonyl (C=O) groups is 1. The molecular formula is C26H25ClF3N7O4. The summed E-state index contributed by atoms with van der Waals surface area (Å²) in [5.41, 5.74) is -0.494. The Morgan fingerprint density at radius 3 is 2.63 bits per heavy atom. The molecule has 216 valence electrons. The molecule has 0 spiro atoms. The van der Waals surface area contributed by atoms with Gasteiger partial charge in [-0.25, -0.2) is 19.1 Å². The van der Waals surface area contributed by atoms with Gasteiger partial charge < -0.3 is 9.84 Å². The molecule has 11 nitrogen and oxygen atoms in total. The lowest BCUT2D eigenvalue weighted by Crippen LogP contribution is -2.37. The smallest absolute Gasteiger partial charge is 0.382 e. The summed E-state index contributed by atoms with van der Waals surface area (Å²) in [4.78, 5) is 34.7. The third-order valence-corrected chi connectivity index (χ3v) is 7.09. The van der Waals surface area contributed by atoms with Gasteiger partial charge in [0.25, 0.3) is 0 Å². The van der Waals surface area contributed by atoms with Crippen molar-refractivity contribution >= 4 is 17.4 Å². The predicted octanol–water partition coefficient (Wildman–Crippen LogP) is 2.99. The van der Waals surface area contributed by atoms with Crippen molar-refractivity contribution in [1.29, 1.82) is 0 Å². The van der Waals surface area contributed by atoms with Crippen LogP contribution in [0.4, 0.5) is 13.2 Å². The van der Waals surface area contributed by atoms with Crippen LogP contribution >= 0.6 is 11.6 Å². The maximum atomic E-state index is 13.1. The number of ether oxygens (including phenoxy) is 1. The minimum absolute atomic E-state index is 0.0116. The number of hydrogen-bond donors (Lipinski definition) is 1. The SMILES string of the molecule is CC1(C(=O)Cc2ncccc2-n2cnc(Cn3nc(-c4ccc(Cl)cc4)n(C[C@H](O)C(F)(F)F)c3=O)n2)CCCO1. The first-order valence-electron chi connectivity index (χ1n) is 12.6. The summed E-state index contributed by atoms with van der Waals surface area (Å²) in [6.07, 6.45) is -3.36. The molecule has 0 bridgehead atoms. The summed E-state index contributed by atoms with van der Waals surface area (Å²) in [5.74, 6) is -0.0729. The van der Waals surface area contributed by atoms with Gasteiger partial charge >= 0.3 is 11.9 Å². The minimum Gasteiger partial charge on any atom is -0.382 e. The average Bonchev–Trinajstić information content (AvgIpc) is 3.66. The van der Waals surface area contributed by atoms with Crippen LogP contribution in [0.3, 0.4) is 0 Å². The topological polar surface area (TPSA) is 130 Å². The largest absolute Gasteiger partial charge is 0.416 e. The van der Waals surface area contributed by atoms with E-state index < -0.39 is 30.1 Å². The summed E-state index contributed by atoms with van der Waals surface area (Å²) in [6.45, 7) is 0.953. The van der Waals surface area contributed by atoms with Crippen LogP contribution in [0.1, 0.15) is 31.3 Å². The summed E-state index contributed by atoms with van der Waals surface area (Å²) in [6, 6.07) is 9.40. The van der Waals surface area contributed by atoms with E-state index in [4.69, 9.17) is 16.3 Å². The molecule has 1 saturated heterocycles. The second kappa shape index (κ2) is 11.2. The first kappa shape index (κ1) is 28.6. The average molecular weight is 592 g/mol. The van der Waals surface area contributed by atoms with E-state index in [0.29, 0.717) is 35.0 Å². The highest BCUT2D eigenvalue weighted by Gasteiger charge is 2.40. The van der Waals surface area contributed by atoms with Crippen LogP contribution in [0.2, 0.25) is 5.02 Å². The number of nitrogens with zero attached hydrogens (tertiary/aromatic N) is 7. The Bertz CT molecular complexity index is 1610. The van der Waals surface area contributed by atoms with Crippen LogP contribution in [-0.2, 0) is 29.0 Å². The fourth-order valence-corrected chi connectivity index (χ4v) is 4.66.